The first-order chi connectivity index (χ1) is 14.7. The lowest BCUT2D eigenvalue weighted by atomic mass is 10.1. The molecule has 1 N–H and O–H groups in total. The van der Waals surface area contributed by atoms with Gasteiger partial charge in [-0.15, -0.1) is 0 Å². The van der Waals surface area contributed by atoms with E-state index in [1.165, 1.54) is 16.7 Å². The van der Waals surface area contributed by atoms with Crippen molar-refractivity contribution in [1.82, 2.24) is 14.7 Å². The van der Waals surface area contributed by atoms with Crippen LogP contribution < -0.4 is 15.8 Å². The van der Waals surface area contributed by atoms with Gasteiger partial charge in [0.25, 0.3) is 11.5 Å². The van der Waals surface area contributed by atoms with Crippen LogP contribution in [0, 0.1) is 11.3 Å². The molecule has 0 aromatic carbocycles. The summed E-state index contributed by atoms with van der Waals surface area (Å²) in [6, 6.07) is 10.6. The molecule has 1 aliphatic rings. The zero-order valence-corrected chi connectivity index (χ0v) is 16.1. The van der Waals surface area contributed by atoms with Crippen molar-refractivity contribution < 1.29 is 13.9 Å². The van der Waals surface area contributed by atoms with Gasteiger partial charge in [-0.25, -0.2) is 4.98 Å². The van der Waals surface area contributed by atoms with Crippen LogP contribution in [0.1, 0.15) is 11.3 Å². The summed E-state index contributed by atoms with van der Waals surface area (Å²) in [7, 11) is 0. The lowest BCUT2D eigenvalue weighted by Crippen LogP contribution is -2.38. The summed E-state index contributed by atoms with van der Waals surface area (Å²) in [5.74, 6) is 0.391. The Balaban J connectivity index is 1.75. The summed E-state index contributed by atoms with van der Waals surface area (Å²) in [6.07, 6.45) is 4.41. The Morgan fingerprint density at radius 1 is 1.27 bits per heavy atom. The zero-order chi connectivity index (χ0) is 20.9. The maximum atomic E-state index is 13.2. The first kappa shape index (κ1) is 19.4. The third-order valence-corrected chi connectivity index (χ3v) is 4.72. The molecule has 1 fully saturated rings. The first-order valence-electron chi connectivity index (χ1n) is 9.44. The van der Waals surface area contributed by atoms with Gasteiger partial charge in [-0.3, -0.25) is 14.0 Å². The van der Waals surface area contributed by atoms with Gasteiger partial charge in [-0.05, 0) is 30.3 Å². The van der Waals surface area contributed by atoms with E-state index in [1.807, 2.05) is 11.0 Å². The van der Waals surface area contributed by atoms with Crippen LogP contribution in [-0.4, -0.2) is 41.6 Å². The molecule has 0 atom stereocenters. The molecule has 0 spiro atoms. The fourth-order valence-corrected chi connectivity index (χ4v) is 3.20. The van der Waals surface area contributed by atoms with Crippen molar-refractivity contribution in [2.75, 3.05) is 31.2 Å². The maximum Gasteiger partial charge on any atom is 0.267 e. The number of nitrogens with zero attached hydrogens (tertiary/aromatic N) is 4. The summed E-state index contributed by atoms with van der Waals surface area (Å²) in [4.78, 5) is 32.3. The number of carbonyl (C=O) groups is 1. The molecule has 152 valence electrons. The summed E-state index contributed by atoms with van der Waals surface area (Å²) in [5.41, 5.74) is 0.131. The second-order valence-electron chi connectivity index (χ2n) is 6.61. The van der Waals surface area contributed by atoms with E-state index in [4.69, 9.17) is 9.15 Å². The smallest absolute Gasteiger partial charge is 0.267 e. The number of furan rings is 1. The van der Waals surface area contributed by atoms with E-state index in [9.17, 15) is 14.9 Å². The van der Waals surface area contributed by atoms with Crippen molar-refractivity contribution in [2.24, 2.45) is 0 Å². The Hall–Kier alpha value is -3.90. The molecule has 0 saturated carbocycles. The molecule has 1 saturated heterocycles. The normalized spacial score (nSPS) is 14.5. The molecule has 3 aromatic heterocycles. The maximum absolute atomic E-state index is 13.2. The molecule has 9 heteroatoms. The topological polar surface area (TPSA) is 113 Å². The molecular formula is C21H19N5O4. The van der Waals surface area contributed by atoms with Gasteiger partial charge in [0.15, 0.2) is 0 Å². The fourth-order valence-electron chi connectivity index (χ4n) is 3.20. The van der Waals surface area contributed by atoms with Crippen molar-refractivity contribution >= 4 is 23.4 Å². The van der Waals surface area contributed by atoms with Gasteiger partial charge in [0.05, 0.1) is 31.6 Å². The average Bonchev–Trinajstić information content (AvgIpc) is 3.31. The molecule has 3 aromatic rings. The van der Waals surface area contributed by atoms with Gasteiger partial charge in [0.2, 0.25) is 0 Å². The molecule has 1 amide bonds. The van der Waals surface area contributed by atoms with Gasteiger partial charge in [-0.1, -0.05) is 6.07 Å². The first-order valence-corrected chi connectivity index (χ1v) is 9.44. The molecule has 0 aliphatic carbocycles. The van der Waals surface area contributed by atoms with Crippen molar-refractivity contribution in [2.45, 2.75) is 6.54 Å². The van der Waals surface area contributed by atoms with Crippen LogP contribution in [0.5, 0.6) is 0 Å². The number of rotatable bonds is 5. The number of pyridine rings is 1. The molecule has 0 unspecified atom stereocenters. The lowest BCUT2D eigenvalue weighted by Gasteiger charge is -2.29. The molecule has 4 rings (SSSR count). The third kappa shape index (κ3) is 3.94. The Kier molecular flexibility index (Phi) is 5.59. The number of carbonyl (C=O) groups excluding carboxylic acids is 1. The highest BCUT2D eigenvalue weighted by Crippen LogP contribution is 2.20. The summed E-state index contributed by atoms with van der Waals surface area (Å²) in [6.45, 7) is 2.27. The zero-order valence-electron chi connectivity index (χ0n) is 16.1. The predicted octanol–water partition coefficient (Wildman–Crippen LogP) is 1.35. The van der Waals surface area contributed by atoms with Gasteiger partial charge >= 0.3 is 0 Å². The number of morpholine rings is 1. The highest BCUT2D eigenvalue weighted by Gasteiger charge is 2.21. The van der Waals surface area contributed by atoms with Crippen LogP contribution in [0.3, 0.4) is 0 Å². The number of anilines is 1. The number of amides is 1. The Bertz CT molecular complexity index is 1180. The summed E-state index contributed by atoms with van der Waals surface area (Å²) >= 11 is 0. The highest BCUT2D eigenvalue weighted by molar-refractivity contribution is 6.02. The number of hydrogen-bond acceptors (Lipinski definition) is 7. The van der Waals surface area contributed by atoms with E-state index < -0.39 is 5.91 Å². The van der Waals surface area contributed by atoms with Gasteiger partial charge in [0, 0.05) is 19.3 Å². The van der Waals surface area contributed by atoms with Crippen LogP contribution in [-0.2, 0) is 16.1 Å². The van der Waals surface area contributed by atoms with Crippen molar-refractivity contribution in [3.05, 3.63) is 70.0 Å². The van der Waals surface area contributed by atoms with Crippen LogP contribution in [0.25, 0.3) is 11.7 Å². The van der Waals surface area contributed by atoms with Crippen LogP contribution in [0.2, 0.25) is 0 Å². The largest absolute Gasteiger partial charge is 0.467 e. The number of hydrogen-bond donors (Lipinski definition) is 1. The van der Waals surface area contributed by atoms with Gasteiger partial charge in [-0.2, -0.15) is 5.26 Å². The minimum Gasteiger partial charge on any atom is -0.467 e. The van der Waals surface area contributed by atoms with E-state index in [2.05, 4.69) is 10.3 Å². The van der Waals surface area contributed by atoms with Crippen molar-refractivity contribution in [1.29, 1.82) is 5.26 Å². The van der Waals surface area contributed by atoms with Crippen LogP contribution in [0.15, 0.2) is 57.6 Å². The van der Waals surface area contributed by atoms with E-state index >= 15 is 0 Å². The number of nitrogens with one attached hydrogen (secondary N) is 1. The molecule has 0 bridgehead atoms. The van der Waals surface area contributed by atoms with Crippen LogP contribution in [0.4, 0.5) is 5.82 Å². The molecule has 4 heterocycles. The SMILES string of the molecule is N#C/C(=C/c1c(N2CCOCC2)nc2ccccn2c1=O)C(=O)NCc1ccco1. The lowest BCUT2D eigenvalue weighted by molar-refractivity contribution is -0.117. The third-order valence-electron chi connectivity index (χ3n) is 4.72. The molecule has 1 aliphatic heterocycles. The second-order valence-corrected chi connectivity index (χ2v) is 6.61. The second kappa shape index (κ2) is 8.63. The standard InChI is InChI=1S/C21H19N5O4/c22-13-15(20(27)23-14-16-4-3-9-30-16)12-17-19(25-7-10-29-11-8-25)24-18-5-1-2-6-26(18)21(17)28/h1-6,9,12H,7-8,10-11,14H2,(H,23,27)/b15-12-. The van der Waals surface area contributed by atoms with E-state index in [-0.39, 0.29) is 23.2 Å². The van der Waals surface area contributed by atoms with E-state index in [0.29, 0.717) is 43.5 Å². The number of nitriles is 1. The summed E-state index contributed by atoms with van der Waals surface area (Å²) in [5, 5.41) is 12.2. The Morgan fingerprint density at radius 3 is 2.83 bits per heavy atom. The van der Waals surface area contributed by atoms with Gasteiger partial charge in [0.1, 0.15) is 28.9 Å². The van der Waals surface area contributed by atoms with Gasteiger partial charge < -0.3 is 19.4 Å². The Morgan fingerprint density at radius 2 is 2.10 bits per heavy atom. The quantitative estimate of drug-likeness (QED) is 0.503. The number of aromatic nitrogens is 2. The monoisotopic (exact) mass is 405 g/mol. The Labute approximate surface area is 171 Å². The minimum absolute atomic E-state index is 0.135. The molecule has 30 heavy (non-hydrogen) atoms. The summed E-state index contributed by atoms with van der Waals surface area (Å²) < 4.78 is 12.0. The number of fused-ring (bicyclic) bond motifs is 1. The number of ether oxygens (including phenoxy) is 1. The van der Waals surface area contributed by atoms with E-state index in [0.717, 1.165) is 0 Å². The van der Waals surface area contributed by atoms with E-state index in [1.54, 1.807) is 36.5 Å². The average molecular weight is 405 g/mol. The fraction of sp³-hybridized carbons (Fsp3) is 0.238. The highest BCUT2D eigenvalue weighted by atomic mass is 16.5. The molecule has 0 radical (unpaired) electrons. The minimum atomic E-state index is -0.598. The predicted molar refractivity (Wildman–Crippen MR) is 109 cm³/mol. The van der Waals surface area contributed by atoms with Crippen molar-refractivity contribution in [3.8, 4) is 6.07 Å². The van der Waals surface area contributed by atoms with Crippen LogP contribution >= 0.6 is 0 Å². The molecule has 9 nitrogen and oxygen atoms in total. The molecular weight excluding hydrogens is 386 g/mol. The van der Waals surface area contributed by atoms with Crippen molar-refractivity contribution in [3.63, 3.8) is 0 Å².